The summed E-state index contributed by atoms with van der Waals surface area (Å²) in [7, 11) is 1.37. The van der Waals surface area contributed by atoms with Crippen LogP contribution in [0.3, 0.4) is 0 Å². The zero-order chi connectivity index (χ0) is 16.8. The van der Waals surface area contributed by atoms with E-state index in [1.807, 2.05) is 6.07 Å². The van der Waals surface area contributed by atoms with Gasteiger partial charge >= 0.3 is 6.09 Å². The molecule has 0 aliphatic carbocycles. The van der Waals surface area contributed by atoms with Gasteiger partial charge in [-0.1, -0.05) is 11.6 Å². The first kappa shape index (κ1) is 16.3. The molecule has 0 saturated carbocycles. The van der Waals surface area contributed by atoms with Gasteiger partial charge in [-0.15, -0.1) is 11.3 Å². The summed E-state index contributed by atoms with van der Waals surface area (Å²) in [5.41, 5.74) is 2.74. The summed E-state index contributed by atoms with van der Waals surface area (Å²) in [4.78, 5) is 19.4. The first-order valence-corrected chi connectivity index (χ1v) is 9.64. The third-order valence-corrected chi connectivity index (χ3v) is 6.22. The maximum atomic E-state index is 12.4. The fraction of sp³-hybridized carbons (Fsp3) is 0.250. The van der Waals surface area contributed by atoms with Gasteiger partial charge in [0.2, 0.25) is 0 Å². The largest absolute Gasteiger partial charge is 0.452 e. The minimum absolute atomic E-state index is 0.463. The van der Waals surface area contributed by atoms with E-state index in [1.165, 1.54) is 22.1 Å². The number of nitrogens with zero attached hydrogens (tertiary/aromatic N) is 2. The van der Waals surface area contributed by atoms with E-state index in [4.69, 9.17) is 21.3 Å². The Morgan fingerprint density at radius 3 is 3.04 bits per heavy atom. The van der Waals surface area contributed by atoms with Gasteiger partial charge in [0.1, 0.15) is 5.52 Å². The van der Waals surface area contributed by atoms with Crippen LogP contribution < -0.4 is 5.32 Å². The Morgan fingerprint density at radius 1 is 1.46 bits per heavy atom. The van der Waals surface area contributed by atoms with Gasteiger partial charge in [-0.25, -0.2) is 14.3 Å². The highest BCUT2D eigenvalue weighted by molar-refractivity contribution is 14.1. The number of benzene rings is 1. The lowest BCUT2D eigenvalue weighted by atomic mass is 10.1. The maximum absolute atomic E-state index is 12.4. The van der Waals surface area contributed by atoms with E-state index in [9.17, 15) is 4.79 Å². The van der Waals surface area contributed by atoms with Crippen LogP contribution in [0.15, 0.2) is 18.2 Å². The van der Waals surface area contributed by atoms with Crippen LogP contribution >= 0.6 is 45.5 Å². The Hall–Kier alpha value is -1.16. The van der Waals surface area contributed by atoms with Crippen molar-refractivity contribution in [3.05, 3.63) is 37.2 Å². The number of ether oxygens (including phenoxy) is 1. The Kier molecular flexibility index (Phi) is 4.27. The van der Waals surface area contributed by atoms with E-state index in [2.05, 4.69) is 34.0 Å². The summed E-state index contributed by atoms with van der Waals surface area (Å²) in [6.45, 7) is 1.84. The molecule has 5 nitrogen and oxygen atoms in total. The minimum atomic E-state index is -0.463. The standard InChI is InChI=1S/C16H13ClIN3O2S/c1-23-16(22)21-11-6-9(17)5-10(18)14(11)20-15(21)12-4-8-2-3-19-7-13(8)24-12/h4-6,19H,2-3,7H2,1H3. The number of halogens is 2. The van der Waals surface area contributed by atoms with Crippen molar-refractivity contribution in [2.24, 2.45) is 0 Å². The molecule has 0 fully saturated rings. The quantitative estimate of drug-likeness (QED) is 0.536. The molecule has 0 atom stereocenters. The third-order valence-electron chi connectivity index (χ3n) is 4.01. The second-order valence-corrected chi connectivity index (χ2v) is 8.22. The highest BCUT2D eigenvalue weighted by Gasteiger charge is 2.23. The molecule has 0 amide bonds. The van der Waals surface area contributed by atoms with Crippen molar-refractivity contribution >= 4 is 62.7 Å². The third kappa shape index (κ3) is 2.63. The lowest BCUT2D eigenvalue weighted by Crippen LogP contribution is -2.21. The van der Waals surface area contributed by atoms with Gasteiger partial charge in [0.25, 0.3) is 0 Å². The first-order valence-electron chi connectivity index (χ1n) is 7.37. The topological polar surface area (TPSA) is 56.1 Å². The summed E-state index contributed by atoms with van der Waals surface area (Å²) in [5, 5.41) is 3.94. The number of aromatic nitrogens is 2. The molecule has 0 spiro atoms. The normalized spacial score (nSPS) is 14.0. The second kappa shape index (κ2) is 6.29. The molecule has 0 radical (unpaired) electrons. The van der Waals surface area contributed by atoms with Crippen LogP contribution in [0.2, 0.25) is 5.02 Å². The van der Waals surface area contributed by atoms with Gasteiger partial charge in [0, 0.05) is 20.0 Å². The Labute approximate surface area is 161 Å². The Bertz CT molecular complexity index is 943. The highest BCUT2D eigenvalue weighted by atomic mass is 127. The molecule has 2 aromatic heterocycles. The first-order chi connectivity index (χ1) is 11.6. The SMILES string of the molecule is COC(=O)n1c(-c2cc3c(s2)CNCC3)nc2c(I)cc(Cl)cc21. The monoisotopic (exact) mass is 473 g/mol. The van der Waals surface area contributed by atoms with Crippen molar-refractivity contribution in [1.29, 1.82) is 0 Å². The molecule has 8 heteroatoms. The number of imidazole rings is 1. The number of carbonyl (C=O) groups excluding carboxylic acids is 1. The van der Waals surface area contributed by atoms with Crippen molar-refractivity contribution in [2.75, 3.05) is 13.7 Å². The van der Waals surface area contributed by atoms with Crippen LogP contribution in [-0.2, 0) is 17.7 Å². The van der Waals surface area contributed by atoms with E-state index >= 15 is 0 Å². The zero-order valence-corrected chi connectivity index (χ0v) is 16.5. The molecular weight excluding hydrogens is 461 g/mol. The van der Waals surface area contributed by atoms with Gasteiger partial charge in [-0.05, 0) is 59.3 Å². The van der Waals surface area contributed by atoms with Gasteiger partial charge in [-0.3, -0.25) is 0 Å². The fourth-order valence-corrected chi connectivity index (χ4v) is 5.20. The zero-order valence-electron chi connectivity index (χ0n) is 12.7. The van der Waals surface area contributed by atoms with E-state index in [0.717, 1.165) is 33.5 Å². The summed E-state index contributed by atoms with van der Waals surface area (Å²) >= 11 is 10.0. The van der Waals surface area contributed by atoms with Crippen LogP contribution in [0, 0.1) is 3.57 Å². The van der Waals surface area contributed by atoms with E-state index in [1.54, 1.807) is 17.4 Å². The van der Waals surface area contributed by atoms with Gasteiger partial charge < -0.3 is 10.1 Å². The van der Waals surface area contributed by atoms with Crippen LogP contribution in [0.5, 0.6) is 0 Å². The molecule has 0 saturated heterocycles. The molecule has 0 unspecified atom stereocenters. The summed E-state index contributed by atoms with van der Waals surface area (Å²) < 4.78 is 7.39. The molecule has 4 rings (SSSR count). The van der Waals surface area contributed by atoms with Crippen molar-refractivity contribution in [1.82, 2.24) is 14.9 Å². The highest BCUT2D eigenvalue weighted by Crippen LogP contribution is 2.36. The van der Waals surface area contributed by atoms with Gasteiger partial charge in [0.15, 0.2) is 5.82 Å². The number of rotatable bonds is 1. The average Bonchev–Trinajstić information content (AvgIpc) is 3.15. The molecule has 124 valence electrons. The van der Waals surface area contributed by atoms with Gasteiger partial charge in [0.05, 0.1) is 17.5 Å². The van der Waals surface area contributed by atoms with Crippen molar-refractivity contribution in [3.8, 4) is 10.7 Å². The van der Waals surface area contributed by atoms with E-state index in [-0.39, 0.29) is 0 Å². The average molecular weight is 474 g/mol. The molecule has 3 heterocycles. The lowest BCUT2D eigenvalue weighted by Gasteiger charge is -2.10. The molecule has 0 bridgehead atoms. The lowest BCUT2D eigenvalue weighted by molar-refractivity contribution is 0.174. The summed E-state index contributed by atoms with van der Waals surface area (Å²) in [6.07, 6.45) is 0.531. The number of hydrogen-bond acceptors (Lipinski definition) is 5. The number of carbonyl (C=O) groups is 1. The molecule has 24 heavy (non-hydrogen) atoms. The van der Waals surface area contributed by atoms with Crippen molar-refractivity contribution < 1.29 is 9.53 Å². The van der Waals surface area contributed by atoms with Crippen LogP contribution in [0.4, 0.5) is 4.79 Å². The van der Waals surface area contributed by atoms with Crippen LogP contribution in [-0.4, -0.2) is 29.3 Å². The van der Waals surface area contributed by atoms with Crippen LogP contribution in [0.1, 0.15) is 10.4 Å². The molecular formula is C16H13ClIN3O2S. The number of fused-ring (bicyclic) bond motifs is 2. The molecule has 1 N–H and O–H groups in total. The smallest absolute Gasteiger partial charge is 0.420 e. The Balaban J connectivity index is 1.99. The van der Waals surface area contributed by atoms with Crippen molar-refractivity contribution in [2.45, 2.75) is 13.0 Å². The summed E-state index contributed by atoms with van der Waals surface area (Å²) in [5.74, 6) is 0.608. The molecule has 1 aromatic carbocycles. The number of thiophene rings is 1. The van der Waals surface area contributed by atoms with Crippen LogP contribution in [0.25, 0.3) is 21.7 Å². The predicted octanol–water partition coefficient (Wildman–Crippen LogP) is 4.28. The summed E-state index contributed by atoms with van der Waals surface area (Å²) in [6, 6.07) is 5.73. The maximum Gasteiger partial charge on any atom is 0.420 e. The Morgan fingerprint density at radius 2 is 2.29 bits per heavy atom. The number of methoxy groups -OCH3 is 1. The molecule has 1 aliphatic rings. The van der Waals surface area contributed by atoms with E-state index < -0.39 is 6.09 Å². The minimum Gasteiger partial charge on any atom is -0.452 e. The molecule has 1 aliphatic heterocycles. The second-order valence-electron chi connectivity index (χ2n) is 5.48. The predicted molar refractivity (Wildman–Crippen MR) is 104 cm³/mol. The van der Waals surface area contributed by atoms with Crippen molar-refractivity contribution in [3.63, 3.8) is 0 Å². The van der Waals surface area contributed by atoms with E-state index in [0.29, 0.717) is 16.4 Å². The molecule has 3 aromatic rings. The van der Waals surface area contributed by atoms with Gasteiger partial charge in [-0.2, -0.15) is 0 Å². The number of nitrogens with one attached hydrogen (secondary N) is 1. The fourth-order valence-electron chi connectivity index (χ4n) is 2.91. The number of hydrogen-bond donors (Lipinski definition) is 1.